The number of carbonyl (C=O) groups excluding carboxylic acids is 1. The molecular weight excluding hydrogens is 453 g/mol. The number of para-hydroxylation sites is 1. The van der Waals surface area contributed by atoms with Gasteiger partial charge in [0.2, 0.25) is 5.78 Å². The minimum Gasteiger partial charge on any atom is -0.484 e. The second-order valence-electron chi connectivity index (χ2n) is 6.35. The lowest BCUT2D eigenvalue weighted by molar-refractivity contribution is 0.0920. The third-order valence-electron chi connectivity index (χ3n) is 4.55. The Balaban J connectivity index is 1.78. The zero-order chi connectivity index (χ0) is 18.2. The Bertz CT molecular complexity index is 917. The van der Waals surface area contributed by atoms with E-state index < -0.39 is 9.84 Å². The number of ketones is 1. The number of rotatable bonds is 5. The van der Waals surface area contributed by atoms with E-state index in [0.717, 1.165) is 15.0 Å². The number of aromatic nitrogens is 1. The summed E-state index contributed by atoms with van der Waals surface area (Å²) in [6, 6.07) is 9.30. The van der Waals surface area contributed by atoms with Gasteiger partial charge >= 0.3 is 0 Å². The van der Waals surface area contributed by atoms with Crippen molar-refractivity contribution >= 4 is 38.2 Å². The molecule has 0 aliphatic carbocycles. The van der Waals surface area contributed by atoms with Crippen LogP contribution in [0.25, 0.3) is 0 Å². The SMILES string of the molecule is Cc1cc(C(=O)COc2ccccc2I)c(C)n1C1CCS(=O)(=O)C1. The van der Waals surface area contributed by atoms with Gasteiger partial charge in [0.05, 0.1) is 15.1 Å². The van der Waals surface area contributed by atoms with Crippen molar-refractivity contribution < 1.29 is 17.9 Å². The van der Waals surface area contributed by atoms with Crippen molar-refractivity contribution in [1.29, 1.82) is 0 Å². The lowest BCUT2D eigenvalue weighted by Gasteiger charge is -2.16. The molecule has 0 N–H and O–H groups in total. The van der Waals surface area contributed by atoms with Gasteiger partial charge in [0.15, 0.2) is 16.4 Å². The first-order valence-corrected chi connectivity index (χ1v) is 11.0. The van der Waals surface area contributed by atoms with Gasteiger partial charge in [0, 0.05) is 23.0 Å². The Morgan fingerprint density at radius 3 is 2.68 bits per heavy atom. The van der Waals surface area contributed by atoms with Gasteiger partial charge in [-0.05, 0) is 61.1 Å². The Morgan fingerprint density at radius 2 is 2.04 bits per heavy atom. The highest BCUT2D eigenvalue weighted by Crippen LogP contribution is 2.29. The quantitative estimate of drug-likeness (QED) is 0.494. The summed E-state index contributed by atoms with van der Waals surface area (Å²) in [5.41, 5.74) is 2.33. The van der Waals surface area contributed by atoms with Crippen LogP contribution in [0.4, 0.5) is 0 Å². The van der Waals surface area contributed by atoms with Gasteiger partial charge in [0.1, 0.15) is 5.75 Å². The molecule has 1 saturated heterocycles. The molecule has 1 fully saturated rings. The molecule has 0 bridgehead atoms. The molecule has 0 spiro atoms. The monoisotopic (exact) mass is 473 g/mol. The van der Waals surface area contributed by atoms with Crippen molar-refractivity contribution in [2.45, 2.75) is 26.3 Å². The molecule has 0 amide bonds. The lowest BCUT2D eigenvalue weighted by Crippen LogP contribution is -2.16. The first-order chi connectivity index (χ1) is 11.8. The average Bonchev–Trinajstić information content (AvgIpc) is 3.05. The van der Waals surface area contributed by atoms with Crippen LogP contribution in [0.1, 0.15) is 34.2 Å². The second kappa shape index (κ2) is 7.11. The number of aryl methyl sites for hydroxylation is 1. The fourth-order valence-electron chi connectivity index (χ4n) is 3.38. The van der Waals surface area contributed by atoms with Crippen molar-refractivity contribution in [3.05, 3.63) is 50.9 Å². The number of halogens is 1. The van der Waals surface area contributed by atoms with Gasteiger partial charge in [0.25, 0.3) is 0 Å². The maximum absolute atomic E-state index is 12.6. The molecule has 25 heavy (non-hydrogen) atoms. The molecule has 2 aromatic rings. The molecule has 0 radical (unpaired) electrons. The number of hydrogen-bond donors (Lipinski definition) is 0. The summed E-state index contributed by atoms with van der Waals surface area (Å²) < 4.78 is 32.1. The van der Waals surface area contributed by atoms with Gasteiger partial charge in [-0.2, -0.15) is 0 Å². The van der Waals surface area contributed by atoms with Gasteiger partial charge in [-0.3, -0.25) is 4.79 Å². The molecule has 1 aromatic heterocycles. The zero-order valence-electron chi connectivity index (χ0n) is 14.2. The predicted octanol–water partition coefficient (Wildman–Crippen LogP) is 3.33. The van der Waals surface area contributed by atoms with Gasteiger partial charge < -0.3 is 9.30 Å². The van der Waals surface area contributed by atoms with Crippen LogP contribution in [-0.2, 0) is 9.84 Å². The standard InChI is InChI=1S/C18H20INO4S/c1-12-9-15(13(2)20(12)14-7-8-25(22,23)11-14)17(21)10-24-18-6-4-3-5-16(18)19/h3-6,9,14H,7-8,10-11H2,1-2H3. The Hall–Kier alpha value is -1.35. The molecule has 3 rings (SSSR count). The van der Waals surface area contributed by atoms with Crippen molar-refractivity contribution in [2.75, 3.05) is 18.1 Å². The zero-order valence-corrected chi connectivity index (χ0v) is 17.1. The summed E-state index contributed by atoms with van der Waals surface area (Å²) in [6.45, 7) is 3.75. The van der Waals surface area contributed by atoms with E-state index in [1.54, 1.807) is 0 Å². The van der Waals surface area contributed by atoms with Crippen molar-refractivity contribution in [2.24, 2.45) is 0 Å². The largest absolute Gasteiger partial charge is 0.484 e. The molecule has 2 heterocycles. The third kappa shape index (κ3) is 3.92. The van der Waals surface area contributed by atoms with Crippen molar-refractivity contribution in [3.63, 3.8) is 0 Å². The predicted molar refractivity (Wildman–Crippen MR) is 105 cm³/mol. The van der Waals surface area contributed by atoms with E-state index in [0.29, 0.717) is 17.7 Å². The topological polar surface area (TPSA) is 65.4 Å². The van der Waals surface area contributed by atoms with E-state index >= 15 is 0 Å². The number of carbonyl (C=O) groups is 1. The van der Waals surface area contributed by atoms with E-state index in [2.05, 4.69) is 22.6 Å². The van der Waals surface area contributed by atoms with Crippen molar-refractivity contribution in [1.82, 2.24) is 4.57 Å². The number of benzene rings is 1. The maximum Gasteiger partial charge on any atom is 0.202 e. The summed E-state index contributed by atoms with van der Waals surface area (Å²) in [6.07, 6.45) is 0.602. The van der Waals surface area contributed by atoms with E-state index in [-0.39, 0.29) is 29.9 Å². The number of ether oxygens (including phenoxy) is 1. The molecule has 1 aliphatic rings. The highest BCUT2D eigenvalue weighted by atomic mass is 127. The lowest BCUT2D eigenvalue weighted by atomic mass is 10.1. The summed E-state index contributed by atoms with van der Waals surface area (Å²) >= 11 is 2.17. The van der Waals surface area contributed by atoms with Crippen LogP contribution in [0.2, 0.25) is 0 Å². The first kappa shape index (κ1) is 18.4. The number of hydrogen-bond acceptors (Lipinski definition) is 4. The summed E-state index contributed by atoms with van der Waals surface area (Å²) in [7, 11) is -2.97. The maximum atomic E-state index is 12.6. The van der Waals surface area contributed by atoms with Crippen LogP contribution in [0.15, 0.2) is 30.3 Å². The first-order valence-electron chi connectivity index (χ1n) is 8.08. The molecule has 0 saturated carbocycles. The van der Waals surface area contributed by atoms with E-state index in [1.807, 2.05) is 48.7 Å². The normalized spacial score (nSPS) is 19.1. The summed E-state index contributed by atoms with van der Waals surface area (Å²) in [5, 5.41) is 0. The third-order valence-corrected chi connectivity index (χ3v) is 7.20. The smallest absolute Gasteiger partial charge is 0.202 e. The van der Waals surface area contributed by atoms with E-state index in [4.69, 9.17) is 4.74 Å². The van der Waals surface area contributed by atoms with Gasteiger partial charge in [-0.1, -0.05) is 12.1 Å². The van der Waals surface area contributed by atoms with Gasteiger partial charge in [-0.25, -0.2) is 8.42 Å². The summed E-state index contributed by atoms with van der Waals surface area (Å²) in [4.78, 5) is 12.6. The fourth-order valence-corrected chi connectivity index (χ4v) is 5.63. The highest BCUT2D eigenvalue weighted by molar-refractivity contribution is 14.1. The Kier molecular flexibility index (Phi) is 5.24. The van der Waals surface area contributed by atoms with Crippen LogP contribution >= 0.6 is 22.6 Å². The molecule has 1 atom stereocenters. The Labute approximate surface area is 161 Å². The average molecular weight is 473 g/mol. The Morgan fingerprint density at radius 1 is 1.32 bits per heavy atom. The molecule has 1 aliphatic heterocycles. The van der Waals surface area contributed by atoms with Crippen LogP contribution < -0.4 is 4.74 Å². The van der Waals surface area contributed by atoms with E-state index in [9.17, 15) is 13.2 Å². The van der Waals surface area contributed by atoms with Crippen LogP contribution in [-0.4, -0.2) is 36.9 Å². The number of Topliss-reactive ketones (excluding diaryl/α,β-unsaturated/α-hetero) is 1. The minimum atomic E-state index is -2.97. The van der Waals surface area contributed by atoms with Crippen LogP contribution in [0, 0.1) is 17.4 Å². The fraction of sp³-hybridized carbons (Fsp3) is 0.389. The molecule has 1 aromatic carbocycles. The molecule has 7 heteroatoms. The second-order valence-corrected chi connectivity index (χ2v) is 9.74. The number of nitrogens with zero attached hydrogens (tertiary/aromatic N) is 1. The summed E-state index contributed by atoms with van der Waals surface area (Å²) in [5.74, 6) is 0.954. The van der Waals surface area contributed by atoms with Gasteiger partial charge in [-0.15, -0.1) is 0 Å². The molecule has 5 nitrogen and oxygen atoms in total. The number of sulfone groups is 1. The molecule has 1 unspecified atom stereocenters. The highest BCUT2D eigenvalue weighted by Gasteiger charge is 2.31. The van der Waals surface area contributed by atoms with E-state index in [1.165, 1.54) is 0 Å². The van der Waals surface area contributed by atoms with Crippen LogP contribution in [0.5, 0.6) is 5.75 Å². The van der Waals surface area contributed by atoms with Crippen LogP contribution in [0.3, 0.4) is 0 Å². The molecule has 134 valence electrons. The van der Waals surface area contributed by atoms with Crippen molar-refractivity contribution in [3.8, 4) is 5.75 Å². The minimum absolute atomic E-state index is 0.0345. The molecular formula is C18H20INO4S.